The van der Waals surface area contributed by atoms with E-state index in [1.165, 1.54) is 16.7 Å². The van der Waals surface area contributed by atoms with Crippen LogP contribution in [0.4, 0.5) is 4.39 Å². The summed E-state index contributed by atoms with van der Waals surface area (Å²) in [4.78, 5) is 41.2. The molecule has 1 aliphatic heterocycles. The Bertz CT molecular complexity index is 1300. The van der Waals surface area contributed by atoms with Crippen molar-refractivity contribution < 1.29 is 13.9 Å². The van der Waals surface area contributed by atoms with Gasteiger partial charge in [0.15, 0.2) is 0 Å². The molecule has 1 fully saturated rings. The Hall–Kier alpha value is -3.26. The first-order valence-corrected chi connectivity index (χ1v) is 12.3. The molecule has 0 bridgehead atoms. The number of esters is 1. The van der Waals surface area contributed by atoms with E-state index in [-0.39, 0.29) is 42.1 Å². The number of para-hydroxylation sites is 1. The highest BCUT2D eigenvalue weighted by Crippen LogP contribution is 2.34. The molecular formula is C27H32FN3O4. The summed E-state index contributed by atoms with van der Waals surface area (Å²) in [6.07, 6.45) is 1.47. The average molecular weight is 482 g/mol. The van der Waals surface area contributed by atoms with Crippen molar-refractivity contribution in [1.82, 2.24) is 14.0 Å². The molecule has 35 heavy (non-hydrogen) atoms. The second-order valence-electron chi connectivity index (χ2n) is 9.01. The van der Waals surface area contributed by atoms with Gasteiger partial charge in [-0.2, -0.15) is 0 Å². The van der Waals surface area contributed by atoms with Crippen molar-refractivity contribution in [1.29, 1.82) is 0 Å². The van der Waals surface area contributed by atoms with Crippen LogP contribution < -0.4 is 11.2 Å². The van der Waals surface area contributed by atoms with Crippen molar-refractivity contribution in [3.8, 4) is 0 Å². The van der Waals surface area contributed by atoms with Crippen molar-refractivity contribution >= 4 is 16.9 Å². The molecule has 0 spiro atoms. The number of aromatic nitrogens is 2. The normalized spacial score (nSPS) is 18.6. The van der Waals surface area contributed by atoms with Gasteiger partial charge >= 0.3 is 11.7 Å². The van der Waals surface area contributed by atoms with Gasteiger partial charge in [0.1, 0.15) is 5.82 Å². The number of fused-ring (bicyclic) bond motifs is 1. The third-order valence-electron chi connectivity index (χ3n) is 6.80. The molecule has 1 aromatic heterocycles. The molecular weight excluding hydrogens is 449 g/mol. The SMILES string of the molecule is CCCn1c(=O)n(CCN2CC[C@H](c3ccc(F)cc3)C(C(=O)OCC)C2)c(=O)c2ccccc21. The average Bonchev–Trinajstić information content (AvgIpc) is 2.87. The molecule has 2 atom stereocenters. The summed E-state index contributed by atoms with van der Waals surface area (Å²) in [5.41, 5.74) is 0.972. The molecule has 7 nitrogen and oxygen atoms in total. The van der Waals surface area contributed by atoms with E-state index in [2.05, 4.69) is 4.90 Å². The quantitative estimate of drug-likeness (QED) is 0.461. The first-order chi connectivity index (χ1) is 16.9. The highest BCUT2D eigenvalue weighted by molar-refractivity contribution is 5.77. The fourth-order valence-corrected chi connectivity index (χ4v) is 5.07. The number of ether oxygens (including phenoxy) is 1. The Balaban J connectivity index is 1.56. The van der Waals surface area contributed by atoms with Gasteiger partial charge < -0.3 is 9.64 Å². The number of hydrogen-bond acceptors (Lipinski definition) is 5. The van der Waals surface area contributed by atoms with E-state index in [1.807, 2.05) is 19.1 Å². The van der Waals surface area contributed by atoms with Gasteiger partial charge in [-0.15, -0.1) is 0 Å². The van der Waals surface area contributed by atoms with E-state index in [0.29, 0.717) is 43.5 Å². The Morgan fingerprint density at radius 3 is 2.46 bits per heavy atom. The number of rotatable bonds is 8. The molecule has 0 radical (unpaired) electrons. The first kappa shape index (κ1) is 24.9. The van der Waals surface area contributed by atoms with Gasteiger partial charge in [-0.3, -0.25) is 18.7 Å². The lowest BCUT2D eigenvalue weighted by molar-refractivity contribution is -0.150. The van der Waals surface area contributed by atoms with Gasteiger partial charge in [-0.25, -0.2) is 9.18 Å². The smallest absolute Gasteiger partial charge is 0.331 e. The Morgan fingerprint density at radius 1 is 1.00 bits per heavy atom. The zero-order valence-electron chi connectivity index (χ0n) is 20.3. The van der Waals surface area contributed by atoms with Crippen LogP contribution in [-0.4, -0.2) is 46.2 Å². The van der Waals surface area contributed by atoms with E-state index in [1.54, 1.807) is 35.8 Å². The minimum atomic E-state index is -0.403. The molecule has 186 valence electrons. The molecule has 2 aromatic carbocycles. The van der Waals surface area contributed by atoms with Crippen LogP contribution in [0.1, 0.15) is 38.2 Å². The van der Waals surface area contributed by atoms with Crippen LogP contribution >= 0.6 is 0 Å². The Morgan fingerprint density at radius 2 is 1.74 bits per heavy atom. The van der Waals surface area contributed by atoms with E-state index in [0.717, 1.165) is 12.0 Å². The molecule has 0 aliphatic carbocycles. The molecule has 1 aliphatic rings. The predicted octanol–water partition coefficient (Wildman–Crippen LogP) is 3.38. The van der Waals surface area contributed by atoms with Crippen molar-refractivity contribution in [2.24, 2.45) is 5.92 Å². The molecule has 0 saturated carbocycles. The van der Waals surface area contributed by atoms with Crippen molar-refractivity contribution in [2.75, 3.05) is 26.2 Å². The molecule has 1 unspecified atom stereocenters. The highest BCUT2D eigenvalue weighted by Gasteiger charge is 2.36. The molecule has 2 heterocycles. The fourth-order valence-electron chi connectivity index (χ4n) is 5.07. The zero-order chi connectivity index (χ0) is 24.9. The monoisotopic (exact) mass is 481 g/mol. The van der Waals surface area contributed by atoms with Crippen LogP contribution in [0.5, 0.6) is 0 Å². The van der Waals surface area contributed by atoms with Crippen molar-refractivity contribution in [3.63, 3.8) is 0 Å². The second-order valence-corrected chi connectivity index (χ2v) is 9.01. The summed E-state index contributed by atoms with van der Waals surface area (Å²) < 4.78 is 21.8. The number of benzene rings is 2. The number of halogens is 1. The third kappa shape index (κ3) is 5.22. The second kappa shape index (κ2) is 11.0. The van der Waals surface area contributed by atoms with E-state index in [4.69, 9.17) is 4.74 Å². The summed E-state index contributed by atoms with van der Waals surface area (Å²) in [5, 5.41) is 0.528. The van der Waals surface area contributed by atoms with Gasteiger partial charge in [0, 0.05) is 26.2 Å². The van der Waals surface area contributed by atoms with Gasteiger partial charge in [-0.1, -0.05) is 31.2 Å². The highest BCUT2D eigenvalue weighted by atomic mass is 19.1. The lowest BCUT2D eigenvalue weighted by Gasteiger charge is -2.37. The van der Waals surface area contributed by atoms with Gasteiger partial charge in [0.05, 0.1) is 23.4 Å². The number of hydrogen-bond donors (Lipinski definition) is 0. The molecule has 0 amide bonds. The summed E-state index contributed by atoms with van der Waals surface area (Å²) in [6, 6.07) is 13.5. The summed E-state index contributed by atoms with van der Waals surface area (Å²) in [7, 11) is 0. The number of carbonyl (C=O) groups excluding carboxylic acids is 1. The van der Waals surface area contributed by atoms with E-state index >= 15 is 0 Å². The summed E-state index contributed by atoms with van der Waals surface area (Å²) in [5.74, 6) is -1.07. The van der Waals surface area contributed by atoms with E-state index < -0.39 is 5.92 Å². The summed E-state index contributed by atoms with van der Waals surface area (Å²) in [6.45, 7) is 6.45. The van der Waals surface area contributed by atoms with Crippen LogP contribution in [0.2, 0.25) is 0 Å². The van der Waals surface area contributed by atoms with Crippen LogP contribution in [0.25, 0.3) is 10.9 Å². The van der Waals surface area contributed by atoms with Gasteiger partial charge in [-0.05, 0) is 62.1 Å². The largest absolute Gasteiger partial charge is 0.466 e. The maximum Gasteiger partial charge on any atom is 0.331 e. The number of likely N-dealkylation sites (tertiary alicyclic amines) is 1. The number of carbonyl (C=O) groups is 1. The lowest BCUT2D eigenvalue weighted by atomic mass is 9.80. The Kier molecular flexibility index (Phi) is 7.80. The van der Waals surface area contributed by atoms with Crippen molar-refractivity contribution in [2.45, 2.75) is 45.7 Å². The van der Waals surface area contributed by atoms with Crippen molar-refractivity contribution in [3.05, 3.63) is 80.7 Å². The zero-order valence-corrected chi connectivity index (χ0v) is 20.3. The Labute approximate surface area is 203 Å². The fraction of sp³-hybridized carbons (Fsp3) is 0.444. The van der Waals surface area contributed by atoms with Crippen LogP contribution in [0, 0.1) is 11.7 Å². The topological polar surface area (TPSA) is 73.5 Å². The molecule has 8 heteroatoms. The van der Waals surface area contributed by atoms with Crippen LogP contribution in [0.15, 0.2) is 58.1 Å². The minimum absolute atomic E-state index is 0.0731. The number of piperidine rings is 1. The standard InChI is InChI=1S/C27H32FN3O4/c1-3-14-30-24-8-6-5-7-22(24)25(32)31(27(30)34)17-16-29-15-13-21(19-9-11-20(28)12-10-19)23(18-29)26(33)35-4-2/h5-12,21,23H,3-4,13-18H2,1-2H3/t21-,23?/m1/s1. The molecule has 4 rings (SSSR count). The van der Waals surface area contributed by atoms with Gasteiger partial charge in [0.25, 0.3) is 5.56 Å². The maximum atomic E-state index is 13.4. The first-order valence-electron chi connectivity index (χ1n) is 12.3. The molecule has 3 aromatic rings. The third-order valence-corrected chi connectivity index (χ3v) is 6.80. The lowest BCUT2D eigenvalue weighted by Crippen LogP contribution is -2.47. The number of aryl methyl sites for hydroxylation is 1. The maximum absolute atomic E-state index is 13.4. The molecule has 1 saturated heterocycles. The van der Waals surface area contributed by atoms with Gasteiger partial charge in [0.2, 0.25) is 0 Å². The summed E-state index contributed by atoms with van der Waals surface area (Å²) >= 11 is 0. The van der Waals surface area contributed by atoms with E-state index in [9.17, 15) is 18.8 Å². The number of nitrogens with zero attached hydrogens (tertiary/aromatic N) is 3. The minimum Gasteiger partial charge on any atom is -0.466 e. The molecule has 0 N–H and O–H groups in total. The van der Waals surface area contributed by atoms with Crippen LogP contribution in [0.3, 0.4) is 0 Å². The predicted molar refractivity (Wildman–Crippen MR) is 133 cm³/mol. The van der Waals surface area contributed by atoms with Crippen LogP contribution in [-0.2, 0) is 22.6 Å².